The fourth-order valence-corrected chi connectivity index (χ4v) is 0.167. The van der Waals surface area contributed by atoms with E-state index in [1.165, 1.54) is 0 Å². The molecule has 0 fully saturated rings. The van der Waals surface area contributed by atoms with Gasteiger partial charge >= 0.3 is 41.9 Å². The van der Waals surface area contributed by atoms with E-state index in [1.807, 2.05) is 0 Å². The van der Waals surface area contributed by atoms with E-state index in [0.717, 1.165) is 12.8 Å². The molecule has 0 bridgehead atoms. The minimum Gasteiger partial charge on any atom is -1.00 e. The quantitative estimate of drug-likeness (QED) is 0.312. The van der Waals surface area contributed by atoms with Crippen molar-refractivity contribution in [2.45, 2.75) is 19.8 Å². The molecule has 0 aliphatic heterocycles. The standard InChI is InChI=1S/C4H10N.Li.Mg.2H/c1-2-3-4-5;;;;/h4H,2-3,5H2,1H3;;;;/q-1;+1;+2;2*-1. The first kappa shape index (κ1) is 15.8. The summed E-state index contributed by atoms with van der Waals surface area (Å²) in [5.41, 5.74) is 5.01. The summed E-state index contributed by atoms with van der Waals surface area (Å²) >= 11 is 0. The maximum Gasteiger partial charge on any atom is 2.00 e. The van der Waals surface area contributed by atoms with Crippen molar-refractivity contribution >= 4 is 23.1 Å². The zero-order chi connectivity index (χ0) is 4.12. The van der Waals surface area contributed by atoms with Gasteiger partial charge in [0.15, 0.2) is 0 Å². The number of unbranched alkanes of at least 4 members (excludes halogenated alkanes) is 1. The van der Waals surface area contributed by atoms with Crippen molar-refractivity contribution < 1.29 is 21.7 Å². The monoisotopic (exact) mass is 105 g/mol. The topological polar surface area (TPSA) is 26.0 Å². The van der Waals surface area contributed by atoms with Gasteiger partial charge in [0, 0.05) is 0 Å². The summed E-state index contributed by atoms with van der Waals surface area (Å²) in [5, 5.41) is 0. The molecule has 0 radical (unpaired) electrons. The van der Waals surface area contributed by atoms with Crippen LogP contribution in [0, 0.1) is 6.54 Å². The van der Waals surface area contributed by atoms with Gasteiger partial charge in [-0.15, -0.1) is 0 Å². The van der Waals surface area contributed by atoms with E-state index in [-0.39, 0.29) is 44.8 Å². The molecule has 0 amide bonds. The van der Waals surface area contributed by atoms with Crippen LogP contribution in [-0.2, 0) is 0 Å². The second kappa shape index (κ2) is 15.7. The van der Waals surface area contributed by atoms with Crippen LogP contribution in [0.3, 0.4) is 0 Å². The van der Waals surface area contributed by atoms with Crippen molar-refractivity contribution in [3.05, 3.63) is 6.54 Å². The number of nitrogens with two attached hydrogens (primary N) is 1. The van der Waals surface area contributed by atoms with Gasteiger partial charge < -0.3 is 8.59 Å². The van der Waals surface area contributed by atoms with Gasteiger partial charge in [0.1, 0.15) is 0 Å². The van der Waals surface area contributed by atoms with Crippen molar-refractivity contribution in [2.24, 2.45) is 5.73 Å². The molecule has 3 heteroatoms. The van der Waals surface area contributed by atoms with E-state index >= 15 is 0 Å². The van der Waals surface area contributed by atoms with Crippen LogP contribution in [-0.4, -0.2) is 23.1 Å². The summed E-state index contributed by atoms with van der Waals surface area (Å²) < 4.78 is 0. The van der Waals surface area contributed by atoms with Crippen LogP contribution in [0.4, 0.5) is 0 Å². The Hall–Kier alpha value is 1.32. The Labute approximate surface area is 76.7 Å². The first-order valence-electron chi connectivity index (χ1n) is 1.95. The van der Waals surface area contributed by atoms with Gasteiger partial charge in [0.05, 0.1) is 0 Å². The van der Waals surface area contributed by atoms with E-state index < -0.39 is 0 Å². The minimum absolute atomic E-state index is 0. The third-order valence-electron chi connectivity index (χ3n) is 0.455. The van der Waals surface area contributed by atoms with Crippen LogP contribution >= 0.6 is 0 Å². The van der Waals surface area contributed by atoms with Crippen LogP contribution in [0.1, 0.15) is 22.6 Å². The van der Waals surface area contributed by atoms with Crippen LogP contribution in [0.2, 0.25) is 0 Å². The van der Waals surface area contributed by atoms with E-state index in [2.05, 4.69) is 6.92 Å². The van der Waals surface area contributed by atoms with Crippen molar-refractivity contribution in [1.82, 2.24) is 0 Å². The van der Waals surface area contributed by atoms with Crippen molar-refractivity contribution in [3.8, 4) is 0 Å². The Morgan fingerprint density at radius 2 is 2.14 bits per heavy atom. The molecule has 1 nitrogen and oxygen atoms in total. The molecular weight excluding hydrogens is 93.3 g/mol. The van der Waals surface area contributed by atoms with E-state index in [1.54, 1.807) is 6.54 Å². The third-order valence-corrected chi connectivity index (χ3v) is 0.455. The SMILES string of the molecule is CCC[CH-]N.[H-].[H-].[Li+].[Mg+2]. The average Bonchev–Trinajstić information content (AvgIpc) is 1.41. The zero-order valence-corrected chi connectivity index (χ0v) is 6.69. The van der Waals surface area contributed by atoms with Gasteiger partial charge in [-0.2, -0.15) is 6.42 Å². The maximum absolute atomic E-state index is 5.01. The van der Waals surface area contributed by atoms with Gasteiger partial charge in [-0.05, 0) is 0 Å². The molecule has 0 rings (SSSR count). The predicted molar refractivity (Wildman–Crippen MR) is 31.4 cm³/mol. The smallest absolute Gasteiger partial charge is 1.00 e. The summed E-state index contributed by atoms with van der Waals surface area (Å²) in [6.07, 6.45) is 2.20. The van der Waals surface area contributed by atoms with Gasteiger partial charge in [-0.3, -0.25) is 6.54 Å². The molecule has 0 aliphatic rings. The molecule has 0 unspecified atom stereocenters. The van der Waals surface area contributed by atoms with Crippen molar-refractivity contribution in [2.75, 3.05) is 0 Å². The van der Waals surface area contributed by atoms with E-state index in [0.29, 0.717) is 0 Å². The van der Waals surface area contributed by atoms with Gasteiger partial charge in [-0.1, -0.05) is 13.3 Å². The second-order valence-electron chi connectivity index (χ2n) is 1.02. The fraction of sp³-hybridized carbons (Fsp3) is 0.750. The predicted octanol–water partition coefficient (Wildman–Crippen LogP) is -2.24. The molecule has 0 saturated carbocycles. The first-order valence-corrected chi connectivity index (χ1v) is 1.95. The summed E-state index contributed by atoms with van der Waals surface area (Å²) in [6, 6.07) is 0. The van der Waals surface area contributed by atoms with E-state index in [9.17, 15) is 0 Å². The van der Waals surface area contributed by atoms with Crippen molar-refractivity contribution in [1.29, 1.82) is 0 Å². The fourth-order valence-electron chi connectivity index (χ4n) is 0.167. The molecule has 0 atom stereocenters. The maximum atomic E-state index is 5.01. The molecule has 36 valence electrons. The number of rotatable bonds is 2. The van der Waals surface area contributed by atoms with Crippen LogP contribution in [0.15, 0.2) is 0 Å². The third kappa shape index (κ3) is 18.8. The summed E-state index contributed by atoms with van der Waals surface area (Å²) in [6.45, 7) is 3.78. The van der Waals surface area contributed by atoms with Gasteiger partial charge in [0.2, 0.25) is 0 Å². The first-order chi connectivity index (χ1) is 2.41. The zero-order valence-electron chi connectivity index (χ0n) is 7.28. The summed E-state index contributed by atoms with van der Waals surface area (Å²) in [4.78, 5) is 0. The number of hydrogen-bond donors (Lipinski definition) is 1. The Morgan fingerprint density at radius 1 is 1.71 bits per heavy atom. The Bertz CT molecular complexity index is 26.0. The summed E-state index contributed by atoms with van der Waals surface area (Å²) in [5.74, 6) is 0. The van der Waals surface area contributed by atoms with Crippen LogP contribution in [0.5, 0.6) is 0 Å². The van der Waals surface area contributed by atoms with Crippen molar-refractivity contribution in [3.63, 3.8) is 0 Å². The normalized spacial score (nSPS) is 6.00. The summed E-state index contributed by atoms with van der Waals surface area (Å²) in [7, 11) is 0. The second-order valence-corrected chi connectivity index (χ2v) is 1.02. The molecule has 0 saturated heterocycles. The minimum atomic E-state index is 0. The van der Waals surface area contributed by atoms with E-state index in [4.69, 9.17) is 5.73 Å². The molecule has 0 spiro atoms. The molecule has 7 heavy (non-hydrogen) atoms. The largest absolute Gasteiger partial charge is 2.00 e. The molecule has 0 aromatic heterocycles. The molecule has 0 aromatic rings. The molecule has 2 N–H and O–H groups in total. The Kier molecular flexibility index (Phi) is 35.3. The van der Waals surface area contributed by atoms with Gasteiger partial charge in [-0.25, -0.2) is 0 Å². The molecular formula is C4H12LiMgN. The molecule has 0 aliphatic carbocycles. The van der Waals surface area contributed by atoms with Crippen LogP contribution in [0.25, 0.3) is 0 Å². The number of hydrogen-bond acceptors (Lipinski definition) is 1. The Balaban J connectivity index is -0.0000000133. The molecule has 0 heterocycles. The average molecular weight is 105 g/mol. The van der Waals surface area contributed by atoms with Gasteiger partial charge in [0.25, 0.3) is 0 Å². The Morgan fingerprint density at radius 3 is 2.14 bits per heavy atom. The van der Waals surface area contributed by atoms with Crippen LogP contribution < -0.4 is 24.6 Å². The molecule has 0 aromatic carbocycles.